The summed E-state index contributed by atoms with van der Waals surface area (Å²) in [7, 11) is -3.83. The van der Waals surface area contributed by atoms with Gasteiger partial charge in [-0.3, -0.25) is 19.7 Å². The molecule has 0 aliphatic carbocycles. The minimum absolute atomic E-state index is 0.0425. The molecule has 1 unspecified atom stereocenters. The van der Waals surface area contributed by atoms with Gasteiger partial charge in [-0.25, -0.2) is 12.8 Å². The van der Waals surface area contributed by atoms with Crippen molar-refractivity contribution in [2.75, 3.05) is 31.1 Å². The predicted molar refractivity (Wildman–Crippen MR) is 130 cm³/mol. The number of sulfonamides is 1. The zero-order valence-corrected chi connectivity index (χ0v) is 21.3. The summed E-state index contributed by atoms with van der Waals surface area (Å²) in [4.78, 5) is 39.6. The van der Waals surface area contributed by atoms with Crippen molar-refractivity contribution in [1.29, 1.82) is 0 Å². The monoisotopic (exact) mass is 568 g/mol. The molecular formula is C25H24F4N4O5S. The third-order valence-electron chi connectivity index (χ3n) is 7.19. The molecule has 3 aliphatic heterocycles. The SMILES string of the molecule is O=C1CCC(N2Cc3cc(N4CCN(S(=O)(=O)Cc5ccc(C(F)(F)F)cc5)CC4)c(F)cc3C2=O)C(=O)N1. The summed E-state index contributed by atoms with van der Waals surface area (Å²) in [5.41, 5.74) is 0.222. The number of benzene rings is 2. The van der Waals surface area contributed by atoms with Crippen molar-refractivity contribution in [3.63, 3.8) is 0 Å². The Balaban J connectivity index is 1.24. The highest BCUT2D eigenvalue weighted by atomic mass is 32.2. The maximum atomic E-state index is 15.1. The molecule has 2 aromatic carbocycles. The average molecular weight is 569 g/mol. The summed E-state index contributed by atoms with van der Waals surface area (Å²) >= 11 is 0. The third kappa shape index (κ3) is 5.35. The van der Waals surface area contributed by atoms with Crippen LogP contribution in [-0.4, -0.2) is 67.6 Å². The van der Waals surface area contributed by atoms with E-state index in [0.29, 0.717) is 5.56 Å². The second-order valence-corrected chi connectivity index (χ2v) is 11.7. The van der Waals surface area contributed by atoms with Crippen LogP contribution in [0.5, 0.6) is 0 Å². The van der Waals surface area contributed by atoms with E-state index in [1.807, 2.05) is 0 Å². The summed E-state index contributed by atoms with van der Waals surface area (Å²) in [6.07, 6.45) is -4.23. The molecule has 0 radical (unpaired) electrons. The first-order valence-electron chi connectivity index (χ1n) is 12.2. The molecule has 9 nitrogen and oxygen atoms in total. The van der Waals surface area contributed by atoms with Gasteiger partial charge in [0.1, 0.15) is 11.9 Å². The molecule has 14 heteroatoms. The molecule has 0 aromatic heterocycles. The Hall–Kier alpha value is -3.52. The summed E-state index contributed by atoms with van der Waals surface area (Å²) in [6.45, 7) is 0.482. The van der Waals surface area contributed by atoms with Crippen LogP contribution >= 0.6 is 0 Å². The topological polar surface area (TPSA) is 107 Å². The Kier molecular flexibility index (Phi) is 6.87. The van der Waals surface area contributed by atoms with Crippen molar-refractivity contribution in [2.45, 2.75) is 37.4 Å². The normalized spacial score (nSPS) is 20.8. The Morgan fingerprint density at radius 3 is 2.26 bits per heavy atom. The molecule has 3 amide bonds. The molecule has 1 N–H and O–H groups in total. The minimum atomic E-state index is -4.52. The number of alkyl halides is 3. The number of carbonyl (C=O) groups is 3. The highest BCUT2D eigenvalue weighted by Gasteiger charge is 2.40. The van der Waals surface area contributed by atoms with Gasteiger partial charge in [0.15, 0.2) is 0 Å². The largest absolute Gasteiger partial charge is 0.416 e. The van der Waals surface area contributed by atoms with Crippen LogP contribution in [0.25, 0.3) is 0 Å². The predicted octanol–water partition coefficient (Wildman–Crippen LogP) is 2.26. The van der Waals surface area contributed by atoms with Gasteiger partial charge in [-0.2, -0.15) is 17.5 Å². The molecule has 208 valence electrons. The van der Waals surface area contributed by atoms with Crippen molar-refractivity contribution < 1.29 is 40.4 Å². The highest BCUT2D eigenvalue weighted by molar-refractivity contribution is 7.88. The minimum Gasteiger partial charge on any atom is -0.367 e. The Labute approximate surface area is 221 Å². The fourth-order valence-corrected chi connectivity index (χ4v) is 6.63. The number of imide groups is 1. The maximum absolute atomic E-state index is 15.1. The van der Waals surface area contributed by atoms with Crippen LogP contribution in [0.4, 0.5) is 23.2 Å². The second kappa shape index (κ2) is 9.90. The van der Waals surface area contributed by atoms with E-state index >= 15 is 4.39 Å². The number of halogens is 4. The van der Waals surface area contributed by atoms with Gasteiger partial charge in [0, 0.05) is 44.7 Å². The van der Waals surface area contributed by atoms with Crippen LogP contribution in [0.3, 0.4) is 0 Å². The van der Waals surface area contributed by atoms with Crippen LogP contribution in [-0.2, 0) is 38.1 Å². The van der Waals surface area contributed by atoms with E-state index in [9.17, 15) is 36.0 Å². The van der Waals surface area contributed by atoms with Crippen LogP contribution in [0.1, 0.15) is 39.9 Å². The van der Waals surface area contributed by atoms with E-state index in [2.05, 4.69) is 5.32 Å². The molecule has 2 saturated heterocycles. The quantitative estimate of drug-likeness (QED) is 0.438. The van der Waals surface area contributed by atoms with Crippen molar-refractivity contribution in [2.24, 2.45) is 0 Å². The number of hydrogen-bond acceptors (Lipinski definition) is 6. The van der Waals surface area contributed by atoms with E-state index in [1.165, 1.54) is 15.3 Å². The number of rotatable bonds is 5. The van der Waals surface area contributed by atoms with E-state index in [-0.39, 0.29) is 62.4 Å². The molecule has 2 aromatic rings. The molecule has 5 rings (SSSR count). The van der Waals surface area contributed by atoms with Crippen LogP contribution in [0.2, 0.25) is 0 Å². The average Bonchev–Trinajstić information content (AvgIpc) is 3.18. The lowest BCUT2D eigenvalue weighted by Gasteiger charge is -2.35. The number of piperidine rings is 1. The molecule has 3 heterocycles. The maximum Gasteiger partial charge on any atom is 0.416 e. The van der Waals surface area contributed by atoms with Gasteiger partial charge < -0.3 is 9.80 Å². The molecule has 0 saturated carbocycles. The van der Waals surface area contributed by atoms with Crippen LogP contribution < -0.4 is 10.2 Å². The zero-order valence-electron chi connectivity index (χ0n) is 20.5. The standard InChI is InChI=1S/C25H24F4N4O5S/c26-19-12-18-16(13-33(24(18)36)20-5-6-22(34)30-23(20)35)11-21(19)31-7-9-32(10-8-31)39(37,38)14-15-1-3-17(4-2-15)25(27,28)29/h1-4,11-12,20H,5-10,13-14H2,(H,30,34,35). The summed E-state index contributed by atoms with van der Waals surface area (Å²) in [5, 5.41) is 2.21. The first kappa shape index (κ1) is 27.1. The van der Waals surface area contributed by atoms with Crippen LogP contribution in [0.15, 0.2) is 36.4 Å². The number of anilines is 1. The van der Waals surface area contributed by atoms with Crippen molar-refractivity contribution in [1.82, 2.24) is 14.5 Å². The molecule has 0 spiro atoms. The van der Waals surface area contributed by atoms with Crippen LogP contribution in [0, 0.1) is 5.82 Å². The number of carbonyl (C=O) groups excluding carboxylic acids is 3. The lowest BCUT2D eigenvalue weighted by molar-refractivity contribution is -0.138. The van der Waals surface area contributed by atoms with Gasteiger partial charge >= 0.3 is 6.18 Å². The lowest BCUT2D eigenvalue weighted by Crippen LogP contribution is -2.52. The highest BCUT2D eigenvalue weighted by Crippen LogP contribution is 2.33. The number of nitrogens with one attached hydrogen (secondary N) is 1. The van der Waals surface area contributed by atoms with Crippen molar-refractivity contribution in [3.8, 4) is 0 Å². The molecule has 3 aliphatic rings. The molecule has 39 heavy (non-hydrogen) atoms. The number of hydrogen-bond donors (Lipinski definition) is 1. The molecule has 2 fully saturated rings. The van der Waals surface area contributed by atoms with Gasteiger partial charge in [0.25, 0.3) is 5.91 Å². The first-order valence-corrected chi connectivity index (χ1v) is 13.8. The molecule has 1 atom stereocenters. The van der Waals surface area contributed by atoms with Gasteiger partial charge in [0.05, 0.1) is 17.0 Å². The fraction of sp³-hybridized carbons (Fsp3) is 0.400. The zero-order chi connectivity index (χ0) is 28.1. The Bertz CT molecular complexity index is 1440. The summed E-state index contributed by atoms with van der Waals surface area (Å²) in [5.74, 6) is -2.59. The number of piperazine rings is 1. The Morgan fingerprint density at radius 1 is 0.974 bits per heavy atom. The Morgan fingerprint density at radius 2 is 1.64 bits per heavy atom. The number of amides is 3. The van der Waals surface area contributed by atoms with E-state index in [0.717, 1.165) is 30.3 Å². The van der Waals surface area contributed by atoms with E-state index in [4.69, 9.17) is 0 Å². The molecular weight excluding hydrogens is 544 g/mol. The third-order valence-corrected chi connectivity index (χ3v) is 9.04. The van der Waals surface area contributed by atoms with Gasteiger partial charge in [-0.15, -0.1) is 0 Å². The van der Waals surface area contributed by atoms with Gasteiger partial charge in [0.2, 0.25) is 21.8 Å². The van der Waals surface area contributed by atoms with E-state index < -0.39 is 57.1 Å². The summed E-state index contributed by atoms with van der Waals surface area (Å²) in [6, 6.07) is 5.77. The van der Waals surface area contributed by atoms with Crippen molar-refractivity contribution >= 4 is 33.4 Å². The smallest absolute Gasteiger partial charge is 0.367 e. The van der Waals surface area contributed by atoms with Gasteiger partial charge in [-0.05, 0) is 41.8 Å². The lowest BCUT2D eigenvalue weighted by atomic mass is 10.0. The first-order chi connectivity index (χ1) is 18.3. The van der Waals surface area contributed by atoms with E-state index in [1.54, 1.807) is 4.90 Å². The van der Waals surface area contributed by atoms with Gasteiger partial charge in [-0.1, -0.05) is 12.1 Å². The number of fused-ring (bicyclic) bond motifs is 1. The summed E-state index contributed by atoms with van der Waals surface area (Å²) < 4.78 is 80.4. The second-order valence-electron chi connectivity index (χ2n) is 9.70. The van der Waals surface area contributed by atoms with Crippen molar-refractivity contribution in [3.05, 3.63) is 64.5 Å². The number of nitrogens with zero attached hydrogens (tertiary/aromatic N) is 3. The fourth-order valence-electron chi connectivity index (χ4n) is 5.12. The molecule has 0 bridgehead atoms.